The summed E-state index contributed by atoms with van der Waals surface area (Å²) in [6, 6.07) is 4.23. The number of aliphatic hydroxyl groups excluding tert-OH is 1. The Labute approximate surface area is 167 Å². The number of H-pyrrole nitrogens is 1. The van der Waals surface area contributed by atoms with Gasteiger partial charge in [0.15, 0.2) is 5.65 Å². The number of rotatable bonds is 6. The zero-order chi connectivity index (χ0) is 19.6. The number of hydrogen-bond acceptors (Lipinski definition) is 7. The summed E-state index contributed by atoms with van der Waals surface area (Å²) in [4.78, 5) is 16.6. The molecule has 0 bridgehead atoms. The fourth-order valence-electron chi connectivity index (χ4n) is 3.92. The van der Waals surface area contributed by atoms with Crippen molar-refractivity contribution in [1.29, 1.82) is 0 Å². The predicted octanol–water partition coefficient (Wildman–Crippen LogP) is 2.40. The summed E-state index contributed by atoms with van der Waals surface area (Å²) in [6.45, 7) is 0.496. The lowest BCUT2D eigenvalue weighted by Crippen LogP contribution is -2.30. The van der Waals surface area contributed by atoms with E-state index in [0.29, 0.717) is 18.6 Å². The van der Waals surface area contributed by atoms with Gasteiger partial charge in [-0.05, 0) is 37.8 Å². The van der Waals surface area contributed by atoms with Gasteiger partial charge in [-0.1, -0.05) is 0 Å². The Morgan fingerprint density at radius 1 is 1.21 bits per heavy atom. The number of aliphatic hydroxyl groups is 1. The first-order valence-corrected chi connectivity index (χ1v) is 9.94. The Kier molecular flexibility index (Phi) is 4.82. The van der Waals surface area contributed by atoms with E-state index >= 15 is 0 Å². The number of nitrogens with one attached hydrogen (secondary N) is 2. The highest BCUT2D eigenvalue weighted by Gasteiger charge is 2.22. The molecule has 4 aromatic rings. The smallest absolute Gasteiger partial charge is 0.224 e. The van der Waals surface area contributed by atoms with Gasteiger partial charge in [-0.3, -0.25) is 0 Å². The average Bonchev–Trinajstić information content (AvgIpc) is 3.39. The molecular formula is C20H23N7O2. The summed E-state index contributed by atoms with van der Waals surface area (Å²) in [5.74, 6) is 0.628. The minimum atomic E-state index is 0.0792. The minimum Gasteiger partial charge on any atom is -0.394 e. The largest absolute Gasteiger partial charge is 0.394 e. The molecule has 0 spiro atoms. The van der Waals surface area contributed by atoms with Gasteiger partial charge < -0.3 is 20.1 Å². The van der Waals surface area contributed by atoms with Crippen LogP contribution in [-0.2, 0) is 4.74 Å². The monoisotopic (exact) mass is 393 g/mol. The lowest BCUT2D eigenvalue weighted by Gasteiger charge is -2.28. The molecule has 0 amide bonds. The van der Waals surface area contributed by atoms with Crippen LogP contribution in [0.4, 0.5) is 5.95 Å². The Bertz CT molecular complexity index is 1110. The van der Waals surface area contributed by atoms with Crippen LogP contribution in [0.15, 0.2) is 36.9 Å². The summed E-state index contributed by atoms with van der Waals surface area (Å²) < 4.78 is 7.38. The number of aromatic nitrogens is 6. The van der Waals surface area contributed by atoms with Crippen LogP contribution in [0, 0.1) is 0 Å². The maximum absolute atomic E-state index is 8.88. The molecule has 4 aromatic heterocycles. The predicted molar refractivity (Wildman–Crippen MR) is 109 cm³/mol. The van der Waals surface area contributed by atoms with Crippen molar-refractivity contribution in [2.45, 2.75) is 37.8 Å². The molecular weight excluding hydrogens is 370 g/mol. The Morgan fingerprint density at radius 3 is 2.97 bits per heavy atom. The lowest BCUT2D eigenvalue weighted by atomic mass is 9.93. The molecule has 9 nitrogen and oxygen atoms in total. The summed E-state index contributed by atoms with van der Waals surface area (Å²) in [6.07, 6.45) is 11.5. The van der Waals surface area contributed by atoms with Gasteiger partial charge in [0.2, 0.25) is 5.95 Å². The molecule has 1 aliphatic carbocycles. The Balaban J connectivity index is 1.30. The second kappa shape index (κ2) is 7.76. The third-order valence-electron chi connectivity index (χ3n) is 5.42. The summed E-state index contributed by atoms with van der Waals surface area (Å²) in [5, 5.41) is 17.9. The van der Waals surface area contributed by atoms with Gasteiger partial charge in [-0.15, -0.1) is 0 Å². The normalized spacial score (nSPS) is 19.8. The maximum Gasteiger partial charge on any atom is 0.224 e. The molecule has 9 heteroatoms. The molecule has 0 unspecified atom stereocenters. The van der Waals surface area contributed by atoms with E-state index in [1.54, 1.807) is 10.7 Å². The number of imidazole rings is 1. The van der Waals surface area contributed by atoms with Crippen molar-refractivity contribution in [3.05, 3.63) is 36.9 Å². The average molecular weight is 393 g/mol. The molecule has 3 N–H and O–H groups in total. The van der Waals surface area contributed by atoms with Crippen molar-refractivity contribution < 1.29 is 9.84 Å². The number of anilines is 1. The fourth-order valence-corrected chi connectivity index (χ4v) is 3.92. The van der Waals surface area contributed by atoms with E-state index in [2.05, 4.69) is 30.4 Å². The molecule has 5 rings (SSSR count). The number of fused-ring (bicyclic) bond motifs is 2. The first kappa shape index (κ1) is 18.0. The van der Waals surface area contributed by atoms with Gasteiger partial charge in [0.05, 0.1) is 25.0 Å². The molecule has 150 valence electrons. The molecule has 1 saturated carbocycles. The highest BCUT2D eigenvalue weighted by Crippen LogP contribution is 2.27. The first-order valence-electron chi connectivity index (χ1n) is 9.94. The van der Waals surface area contributed by atoms with Crippen LogP contribution in [0.1, 0.15) is 25.7 Å². The molecule has 0 atom stereocenters. The number of aromatic amines is 1. The molecule has 29 heavy (non-hydrogen) atoms. The van der Waals surface area contributed by atoms with Crippen molar-refractivity contribution in [2.24, 2.45) is 0 Å². The van der Waals surface area contributed by atoms with Gasteiger partial charge in [-0.2, -0.15) is 10.1 Å². The van der Waals surface area contributed by atoms with Crippen molar-refractivity contribution in [1.82, 2.24) is 29.5 Å². The van der Waals surface area contributed by atoms with Crippen molar-refractivity contribution in [3.63, 3.8) is 0 Å². The second-order valence-electron chi connectivity index (χ2n) is 7.32. The molecule has 1 fully saturated rings. The quantitative estimate of drug-likeness (QED) is 0.461. The van der Waals surface area contributed by atoms with Crippen LogP contribution in [0.25, 0.3) is 27.9 Å². The summed E-state index contributed by atoms with van der Waals surface area (Å²) >= 11 is 0. The molecule has 0 aromatic carbocycles. The molecule has 0 radical (unpaired) electrons. The summed E-state index contributed by atoms with van der Waals surface area (Å²) in [7, 11) is 0. The van der Waals surface area contributed by atoms with Crippen LogP contribution in [0.2, 0.25) is 0 Å². The topological polar surface area (TPSA) is 113 Å². The SMILES string of the molecule is OCCOC1CCC(Nc2ncc3c(-c4ccc5nccn5n4)c[nH]c3n2)CC1. The highest BCUT2D eigenvalue weighted by atomic mass is 16.5. The van der Waals surface area contributed by atoms with E-state index in [4.69, 9.17) is 9.84 Å². The Hall–Kier alpha value is -3.04. The number of hydrogen-bond donors (Lipinski definition) is 3. The van der Waals surface area contributed by atoms with Gasteiger partial charge >= 0.3 is 0 Å². The maximum atomic E-state index is 8.88. The van der Waals surface area contributed by atoms with Gasteiger partial charge in [-0.25, -0.2) is 14.5 Å². The summed E-state index contributed by atoms with van der Waals surface area (Å²) in [5.41, 5.74) is 3.40. The van der Waals surface area contributed by atoms with Crippen LogP contribution >= 0.6 is 0 Å². The third kappa shape index (κ3) is 3.66. The number of ether oxygens (including phenoxy) is 1. The molecule has 1 aliphatic rings. The van der Waals surface area contributed by atoms with E-state index in [1.807, 2.05) is 30.7 Å². The second-order valence-corrected chi connectivity index (χ2v) is 7.32. The van der Waals surface area contributed by atoms with Crippen LogP contribution in [0.3, 0.4) is 0 Å². The number of nitrogens with zero attached hydrogens (tertiary/aromatic N) is 5. The fraction of sp³-hybridized carbons (Fsp3) is 0.400. The van der Waals surface area contributed by atoms with E-state index in [-0.39, 0.29) is 12.7 Å². The molecule has 0 aliphatic heterocycles. The Morgan fingerprint density at radius 2 is 2.10 bits per heavy atom. The minimum absolute atomic E-state index is 0.0792. The van der Waals surface area contributed by atoms with Gasteiger partial charge in [0.25, 0.3) is 0 Å². The lowest BCUT2D eigenvalue weighted by molar-refractivity contribution is 0.00719. The van der Waals surface area contributed by atoms with Gasteiger partial charge in [0.1, 0.15) is 5.65 Å². The molecule has 0 saturated heterocycles. The van der Waals surface area contributed by atoms with Crippen LogP contribution < -0.4 is 5.32 Å². The van der Waals surface area contributed by atoms with E-state index in [9.17, 15) is 0 Å². The van der Waals surface area contributed by atoms with Crippen molar-refractivity contribution in [2.75, 3.05) is 18.5 Å². The van der Waals surface area contributed by atoms with E-state index in [1.165, 1.54) is 0 Å². The van der Waals surface area contributed by atoms with E-state index < -0.39 is 0 Å². The highest BCUT2D eigenvalue weighted by molar-refractivity contribution is 5.92. The van der Waals surface area contributed by atoms with Crippen molar-refractivity contribution >= 4 is 22.6 Å². The zero-order valence-electron chi connectivity index (χ0n) is 16.0. The first-order chi connectivity index (χ1) is 14.3. The van der Waals surface area contributed by atoms with Crippen molar-refractivity contribution in [3.8, 4) is 11.3 Å². The third-order valence-corrected chi connectivity index (χ3v) is 5.42. The van der Waals surface area contributed by atoms with Crippen LogP contribution in [-0.4, -0.2) is 60.0 Å². The van der Waals surface area contributed by atoms with Crippen LogP contribution in [0.5, 0.6) is 0 Å². The van der Waals surface area contributed by atoms with E-state index in [0.717, 1.165) is 53.6 Å². The van der Waals surface area contributed by atoms with Gasteiger partial charge in [0, 0.05) is 41.8 Å². The zero-order valence-corrected chi connectivity index (χ0v) is 16.0. The molecule has 4 heterocycles. The standard InChI is InChI=1S/C20H23N7O2/c28-9-10-29-14-3-1-13(2-4-14)24-20-23-12-16-15(11-22-19(16)25-20)17-5-6-18-21-7-8-27(18)26-17/h5-8,11-14,28H,1-4,9-10H2,(H2,22,23,24,25).